The van der Waals surface area contributed by atoms with Crippen molar-refractivity contribution in [3.05, 3.63) is 30.4 Å². The minimum Gasteiger partial charge on any atom is -0.493 e. The van der Waals surface area contributed by atoms with Gasteiger partial charge in [-0.2, -0.15) is 0 Å². The first-order valence-electron chi connectivity index (χ1n) is 5.59. The molecule has 1 aromatic carbocycles. The van der Waals surface area contributed by atoms with Crippen LogP contribution in [0.25, 0.3) is 0 Å². The van der Waals surface area contributed by atoms with Gasteiger partial charge < -0.3 is 19.9 Å². The van der Waals surface area contributed by atoms with Crippen LogP contribution in [0.4, 0.5) is 5.69 Å². The van der Waals surface area contributed by atoms with Crippen LogP contribution < -0.4 is 14.8 Å². The Morgan fingerprint density at radius 1 is 1.32 bits per heavy atom. The van der Waals surface area contributed by atoms with E-state index < -0.39 is 11.9 Å². The molecular weight excluding hydrogens is 250 g/mol. The molecular formula is C13H15NO5. The summed E-state index contributed by atoms with van der Waals surface area (Å²) in [5.41, 5.74) is 0.486. The van der Waals surface area contributed by atoms with Gasteiger partial charge in [0.25, 0.3) is 0 Å². The maximum atomic E-state index is 11.4. The summed E-state index contributed by atoms with van der Waals surface area (Å²) < 4.78 is 10.5. The van der Waals surface area contributed by atoms with Crippen LogP contribution in [0, 0.1) is 0 Å². The van der Waals surface area contributed by atoms with E-state index in [9.17, 15) is 9.59 Å². The number of hydrogen-bond donors (Lipinski definition) is 2. The average Bonchev–Trinajstić information content (AvgIpc) is 2.38. The first kappa shape index (κ1) is 14.6. The van der Waals surface area contributed by atoms with E-state index in [2.05, 4.69) is 5.32 Å². The van der Waals surface area contributed by atoms with Gasteiger partial charge >= 0.3 is 5.97 Å². The summed E-state index contributed by atoms with van der Waals surface area (Å²) in [4.78, 5) is 21.7. The molecule has 0 bridgehead atoms. The lowest BCUT2D eigenvalue weighted by atomic mass is 10.2. The normalized spacial score (nSPS) is 10.2. The lowest BCUT2D eigenvalue weighted by Gasteiger charge is -2.11. The smallest absolute Gasteiger partial charge is 0.328 e. The van der Waals surface area contributed by atoms with E-state index in [1.165, 1.54) is 7.11 Å². The van der Waals surface area contributed by atoms with Gasteiger partial charge in [0.1, 0.15) is 0 Å². The summed E-state index contributed by atoms with van der Waals surface area (Å²) in [6.45, 7) is 2.36. The molecule has 6 heteroatoms. The number of anilines is 1. The number of carbonyl (C=O) groups excluding carboxylic acids is 1. The first-order valence-corrected chi connectivity index (χ1v) is 5.59. The van der Waals surface area contributed by atoms with Crippen molar-refractivity contribution in [3.8, 4) is 11.5 Å². The standard InChI is InChI=1S/C13H15NO5/c1-3-19-10-5-4-9(8-11(10)18-2)14-12(15)6-7-13(16)17/h4-8H,3H2,1-2H3,(H,14,15)(H,16,17)/b7-6+. The highest BCUT2D eigenvalue weighted by molar-refractivity contribution is 6.02. The number of rotatable bonds is 6. The predicted octanol–water partition coefficient (Wildman–Crippen LogP) is 1.67. The number of amides is 1. The molecule has 2 N–H and O–H groups in total. The zero-order chi connectivity index (χ0) is 14.3. The molecule has 0 aliphatic heterocycles. The van der Waals surface area contributed by atoms with E-state index >= 15 is 0 Å². The number of carbonyl (C=O) groups is 2. The molecule has 0 aromatic heterocycles. The highest BCUT2D eigenvalue weighted by Gasteiger charge is 2.06. The zero-order valence-corrected chi connectivity index (χ0v) is 10.7. The molecule has 0 fully saturated rings. The van der Waals surface area contributed by atoms with Gasteiger partial charge in [0, 0.05) is 23.9 Å². The maximum Gasteiger partial charge on any atom is 0.328 e. The topological polar surface area (TPSA) is 84.9 Å². The second kappa shape index (κ2) is 7.05. The highest BCUT2D eigenvalue weighted by atomic mass is 16.5. The Bertz CT molecular complexity index is 496. The van der Waals surface area contributed by atoms with Crippen LogP contribution in [-0.2, 0) is 9.59 Å². The molecule has 0 aliphatic carbocycles. The molecule has 1 amide bonds. The van der Waals surface area contributed by atoms with Crippen LogP contribution in [0.15, 0.2) is 30.4 Å². The molecule has 102 valence electrons. The monoisotopic (exact) mass is 265 g/mol. The van der Waals surface area contributed by atoms with Crippen LogP contribution in [0.3, 0.4) is 0 Å². The Morgan fingerprint density at radius 2 is 2.05 bits per heavy atom. The Balaban J connectivity index is 2.79. The molecule has 0 saturated carbocycles. The van der Waals surface area contributed by atoms with Gasteiger partial charge in [-0.15, -0.1) is 0 Å². The predicted molar refractivity (Wildman–Crippen MR) is 69.6 cm³/mol. The Kier molecular flexibility index (Phi) is 5.40. The van der Waals surface area contributed by atoms with Crippen molar-refractivity contribution in [1.29, 1.82) is 0 Å². The van der Waals surface area contributed by atoms with Gasteiger partial charge in [-0.1, -0.05) is 0 Å². The van der Waals surface area contributed by atoms with E-state index in [0.29, 0.717) is 23.8 Å². The number of benzene rings is 1. The second-order valence-corrected chi connectivity index (χ2v) is 3.46. The molecule has 0 heterocycles. The fourth-order valence-corrected chi connectivity index (χ4v) is 1.35. The minimum atomic E-state index is -1.18. The fraction of sp³-hybridized carbons (Fsp3) is 0.231. The minimum absolute atomic E-state index is 0.486. The third kappa shape index (κ3) is 4.71. The summed E-state index contributed by atoms with van der Waals surface area (Å²) in [5.74, 6) is -0.654. The Labute approximate surface area is 110 Å². The molecule has 0 spiro atoms. The lowest BCUT2D eigenvalue weighted by molar-refractivity contribution is -0.131. The fourth-order valence-electron chi connectivity index (χ4n) is 1.35. The maximum absolute atomic E-state index is 11.4. The van der Waals surface area contributed by atoms with Gasteiger partial charge in [-0.05, 0) is 19.1 Å². The van der Waals surface area contributed by atoms with Crippen molar-refractivity contribution in [2.24, 2.45) is 0 Å². The van der Waals surface area contributed by atoms with Gasteiger partial charge in [0.05, 0.1) is 13.7 Å². The second-order valence-electron chi connectivity index (χ2n) is 3.46. The van der Waals surface area contributed by atoms with Crippen LogP contribution >= 0.6 is 0 Å². The van der Waals surface area contributed by atoms with E-state index in [0.717, 1.165) is 12.2 Å². The zero-order valence-electron chi connectivity index (χ0n) is 10.7. The molecule has 1 rings (SSSR count). The number of carboxylic acids is 1. The summed E-state index contributed by atoms with van der Waals surface area (Å²) in [6.07, 6.45) is 1.70. The van der Waals surface area contributed by atoms with Crippen molar-refractivity contribution >= 4 is 17.6 Å². The number of ether oxygens (including phenoxy) is 2. The SMILES string of the molecule is CCOc1ccc(NC(=O)/C=C/C(=O)O)cc1OC. The first-order chi connectivity index (χ1) is 9.06. The van der Waals surface area contributed by atoms with Crippen LogP contribution in [0.2, 0.25) is 0 Å². The molecule has 19 heavy (non-hydrogen) atoms. The number of hydrogen-bond acceptors (Lipinski definition) is 4. The summed E-state index contributed by atoms with van der Waals surface area (Å²) in [6, 6.07) is 4.90. The average molecular weight is 265 g/mol. The van der Waals surface area contributed by atoms with E-state index in [1.54, 1.807) is 18.2 Å². The molecule has 0 atom stereocenters. The number of aliphatic carboxylic acids is 1. The van der Waals surface area contributed by atoms with Crippen molar-refractivity contribution in [1.82, 2.24) is 0 Å². The molecule has 6 nitrogen and oxygen atoms in total. The molecule has 0 radical (unpaired) electrons. The summed E-state index contributed by atoms with van der Waals surface area (Å²) >= 11 is 0. The highest BCUT2D eigenvalue weighted by Crippen LogP contribution is 2.30. The summed E-state index contributed by atoms with van der Waals surface area (Å²) in [5, 5.41) is 10.9. The van der Waals surface area contributed by atoms with E-state index in [-0.39, 0.29) is 0 Å². The third-order valence-electron chi connectivity index (χ3n) is 2.11. The van der Waals surface area contributed by atoms with E-state index in [4.69, 9.17) is 14.6 Å². The van der Waals surface area contributed by atoms with Crippen LogP contribution in [0.5, 0.6) is 11.5 Å². The van der Waals surface area contributed by atoms with Gasteiger partial charge in [-0.3, -0.25) is 4.79 Å². The summed E-state index contributed by atoms with van der Waals surface area (Å²) in [7, 11) is 1.49. The van der Waals surface area contributed by atoms with Crippen molar-refractivity contribution in [2.45, 2.75) is 6.92 Å². The Morgan fingerprint density at radius 3 is 2.63 bits per heavy atom. The quantitative estimate of drug-likeness (QED) is 0.764. The van der Waals surface area contributed by atoms with Crippen molar-refractivity contribution in [2.75, 3.05) is 19.0 Å². The Hall–Kier alpha value is -2.50. The number of carboxylic acid groups (broad SMARTS) is 1. The molecule has 0 unspecified atom stereocenters. The van der Waals surface area contributed by atoms with Gasteiger partial charge in [0.15, 0.2) is 11.5 Å². The number of methoxy groups -OCH3 is 1. The molecule has 1 aromatic rings. The van der Waals surface area contributed by atoms with E-state index in [1.807, 2.05) is 6.92 Å². The molecule has 0 aliphatic rings. The molecule has 0 saturated heterocycles. The van der Waals surface area contributed by atoms with Gasteiger partial charge in [0.2, 0.25) is 5.91 Å². The van der Waals surface area contributed by atoms with Crippen molar-refractivity contribution < 1.29 is 24.2 Å². The van der Waals surface area contributed by atoms with Crippen LogP contribution in [-0.4, -0.2) is 30.7 Å². The lowest BCUT2D eigenvalue weighted by Crippen LogP contribution is -2.09. The van der Waals surface area contributed by atoms with Crippen LogP contribution in [0.1, 0.15) is 6.92 Å². The number of nitrogens with one attached hydrogen (secondary N) is 1. The van der Waals surface area contributed by atoms with Gasteiger partial charge in [-0.25, -0.2) is 4.79 Å². The third-order valence-corrected chi connectivity index (χ3v) is 2.11. The van der Waals surface area contributed by atoms with Crippen molar-refractivity contribution in [3.63, 3.8) is 0 Å². The largest absolute Gasteiger partial charge is 0.493 e.